The fourth-order valence-electron chi connectivity index (χ4n) is 4.12. The number of pyridine rings is 1. The largest absolute Gasteiger partial charge is 0.383 e. The van der Waals surface area contributed by atoms with E-state index in [1.165, 1.54) is 17.5 Å². The molecular weight excluding hydrogens is 412 g/mol. The third-order valence-corrected chi connectivity index (χ3v) is 6.56. The van der Waals surface area contributed by atoms with Crippen LogP contribution in [0.2, 0.25) is 0 Å². The summed E-state index contributed by atoms with van der Waals surface area (Å²) in [6, 6.07) is 29.4. The first-order chi connectivity index (χ1) is 15.8. The van der Waals surface area contributed by atoms with E-state index in [1.54, 1.807) is 11.3 Å². The molecule has 0 radical (unpaired) electrons. The fraction of sp³-hybridized carbons (Fsp3) is 0. The summed E-state index contributed by atoms with van der Waals surface area (Å²) >= 11 is 1.58. The Balaban J connectivity index is 1.62. The molecule has 6 aromatic rings. The summed E-state index contributed by atoms with van der Waals surface area (Å²) in [6.45, 7) is 0. The van der Waals surface area contributed by atoms with Crippen molar-refractivity contribution in [1.82, 2.24) is 15.0 Å². The highest BCUT2D eigenvalue weighted by Gasteiger charge is 2.14. The van der Waals surface area contributed by atoms with Crippen LogP contribution in [-0.4, -0.2) is 15.0 Å². The van der Waals surface area contributed by atoms with Crippen LogP contribution in [-0.2, 0) is 0 Å². The molecule has 4 nitrogen and oxygen atoms in total. The Kier molecular flexibility index (Phi) is 4.40. The number of benzene rings is 3. The van der Waals surface area contributed by atoms with Crippen molar-refractivity contribution >= 4 is 38.3 Å². The highest BCUT2D eigenvalue weighted by molar-refractivity contribution is 7.17. The lowest BCUT2D eigenvalue weighted by Gasteiger charge is -2.12. The molecule has 0 atom stereocenters. The molecule has 6 rings (SSSR count). The standard InChI is InChI=1S/C27H18N4S/c28-26-25-22(15-32-27(25)30-16-29-26)19-11-12-20-21(17-7-3-1-4-8-17)14-23(31-24(20)13-19)18-9-5-2-6-10-18/h1-16H,(H2,28,29,30). The lowest BCUT2D eigenvalue weighted by Crippen LogP contribution is -1.93. The molecule has 32 heavy (non-hydrogen) atoms. The van der Waals surface area contributed by atoms with E-state index in [0.717, 1.165) is 43.5 Å². The molecule has 0 bridgehead atoms. The monoisotopic (exact) mass is 430 g/mol. The molecule has 0 saturated carbocycles. The number of nitrogens with two attached hydrogens (primary N) is 1. The Morgan fingerprint density at radius 3 is 2.22 bits per heavy atom. The van der Waals surface area contributed by atoms with Crippen molar-refractivity contribution in [2.45, 2.75) is 0 Å². The van der Waals surface area contributed by atoms with Gasteiger partial charge in [0, 0.05) is 21.9 Å². The lowest BCUT2D eigenvalue weighted by molar-refractivity contribution is 1.24. The Bertz CT molecular complexity index is 1570. The highest BCUT2D eigenvalue weighted by atomic mass is 32.1. The molecule has 3 aromatic carbocycles. The zero-order chi connectivity index (χ0) is 21.5. The molecule has 0 amide bonds. The molecule has 3 aromatic heterocycles. The fourth-order valence-corrected chi connectivity index (χ4v) is 5.04. The smallest absolute Gasteiger partial charge is 0.136 e. The normalized spacial score (nSPS) is 11.2. The molecule has 3 heterocycles. The van der Waals surface area contributed by atoms with Crippen LogP contribution in [0.4, 0.5) is 5.82 Å². The Hall–Kier alpha value is -4.09. The van der Waals surface area contributed by atoms with Gasteiger partial charge in [-0.1, -0.05) is 72.8 Å². The van der Waals surface area contributed by atoms with E-state index in [4.69, 9.17) is 10.7 Å². The van der Waals surface area contributed by atoms with Crippen molar-refractivity contribution in [3.63, 3.8) is 0 Å². The van der Waals surface area contributed by atoms with Crippen molar-refractivity contribution in [2.75, 3.05) is 5.73 Å². The van der Waals surface area contributed by atoms with Gasteiger partial charge in [-0.3, -0.25) is 0 Å². The van der Waals surface area contributed by atoms with Gasteiger partial charge >= 0.3 is 0 Å². The molecule has 0 aliphatic rings. The molecule has 0 saturated heterocycles. The molecule has 0 aliphatic carbocycles. The van der Waals surface area contributed by atoms with E-state index < -0.39 is 0 Å². The Morgan fingerprint density at radius 1 is 0.688 bits per heavy atom. The zero-order valence-electron chi connectivity index (χ0n) is 17.1. The van der Waals surface area contributed by atoms with Gasteiger partial charge in [-0.25, -0.2) is 15.0 Å². The predicted octanol–water partition coefficient (Wildman–Crippen LogP) is 6.82. The number of hydrogen-bond acceptors (Lipinski definition) is 5. The van der Waals surface area contributed by atoms with Crippen LogP contribution in [0.3, 0.4) is 0 Å². The van der Waals surface area contributed by atoms with Crippen molar-refractivity contribution in [3.8, 4) is 33.5 Å². The molecule has 5 heteroatoms. The molecule has 0 aliphatic heterocycles. The number of fused-ring (bicyclic) bond motifs is 2. The van der Waals surface area contributed by atoms with E-state index in [-0.39, 0.29) is 0 Å². The average molecular weight is 431 g/mol. The second-order valence-electron chi connectivity index (χ2n) is 7.61. The molecule has 2 N–H and O–H groups in total. The van der Waals surface area contributed by atoms with E-state index in [9.17, 15) is 0 Å². The molecule has 0 spiro atoms. The Labute approximate surface area is 189 Å². The molecule has 152 valence electrons. The number of nitrogen functional groups attached to an aromatic ring is 1. The van der Waals surface area contributed by atoms with Crippen LogP contribution in [0.5, 0.6) is 0 Å². The van der Waals surface area contributed by atoms with E-state index in [1.807, 2.05) is 24.3 Å². The first kappa shape index (κ1) is 18.7. The van der Waals surface area contributed by atoms with Gasteiger partial charge in [-0.2, -0.15) is 0 Å². The maximum atomic E-state index is 6.19. The van der Waals surface area contributed by atoms with Gasteiger partial charge < -0.3 is 5.73 Å². The number of nitrogens with zero attached hydrogens (tertiary/aromatic N) is 3. The average Bonchev–Trinajstić information content (AvgIpc) is 3.30. The number of anilines is 1. The van der Waals surface area contributed by atoms with Crippen LogP contribution >= 0.6 is 11.3 Å². The summed E-state index contributed by atoms with van der Waals surface area (Å²) in [7, 11) is 0. The van der Waals surface area contributed by atoms with Crippen LogP contribution < -0.4 is 5.73 Å². The summed E-state index contributed by atoms with van der Waals surface area (Å²) in [6.07, 6.45) is 1.51. The van der Waals surface area contributed by atoms with Gasteiger partial charge in [0.2, 0.25) is 0 Å². The van der Waals surface area contributed by atoms with Crippen LogP contribution in [0, 0.1) is 0 Å². The van der Waals surface area contributed by atoms with Gasteiger partial charge in [0.25, 0.3) is 0 Å². The molecular formula is C27H18N4S. The molecule has 0 fully saturated rings. The van der Waals surface area contributed by atoms with Crippen molar-refractivity contribution in [3.05, 3.63) is 96.6 Å². The van der Waals surface area contributed by atoms with Gasteiger partial charge in [-0.15, -0.1) is 11.3 Å². The maximum absolute atomic E-state index is 6.19. The maximum Gasteiger partial charge on any atom is 0.136 e. The Morgan fingerprint density at radius 2 is 1.44 bits per heavy atom. The second kappa shape index (κ2) is 7.55. The number of thiophene rings is 1. The van der Waals surface area contributed by atoms with E-state index in [2.05, 4.69) is 76.0 Å². The summed E-state index contributed by atoms with van der Waals surface area (Å²) < 4.78 is 0. The van der Waals surface area contributed by atoms with Crippen molar-refractivity contribution < 1.29 is 0 Å². The lowest BCUT2D eigenvalue weighted by atomic mass is 9.96. The third kappa shape index (κ3) is 3.11. The first-order valence-electron chi connectivity index (χ1n) is 10.3. The summed E-state index contributed by atoms with van der Waals surface area (Å²) in [5, 5.41) is 4.11. The van der Waals surface area contributed by atoms with Gasteiger partial charge in [0.15, 0.2) is 0 Å². The number of hydrogen-bond donors (Lipinski definition) is 1. The minimum atomic E-state index is 0.502. The van der Waals surface area contributed by atoms with Crippen LogP contribution in [0.1, 0.15) is 0 Å². The summed E-state index contributed by atoms with van der Waals surface area (Å²) in [5.74, 6) is 0.502. The van der Waals surface area contributed by atoms with Gasteiger partial charge in [0.05, 0.1) is 16.6 Å². The zero-order valence-corrected chi connectivity index (χ0v) is 17.9. The third-order valence-electron chi connectivity index (χ3n) is 5.67. The summed E-state index contributed by atoms with van der Waals surface area (Å²) in [4.78, 5) is 14.5. The van der Waals surface area contributed by atoms with Crippen LogP contribution in [0.15, 0.2) is 96.6 Å². The molecule has 0 unspecified atom stereocenters. The number of rotatable bonds is 3. The summed E-state index contributed by atoms with van der Waals surface area (Å²) in [5.41, 5.74) is 13.6. The van der Waals surface area contributed by atoms with Gasteiger partial charge in [0.1, 0.15) is 17.0 Å². The minimum Gasteiger partial charge on any atom is -0.383 e. The minimum absolute atomic E-state index is 0.502. The first-order valence-corrected chi connectivity index (χ1v) is 11.2. The SMILES string of the molecule is Nc1ncnc2scc(-c3ccc4c(-c5ccccc5)cc(-c5ccccc5)nc4c3)c12. The van der Waals surface area contributed by atoms with Crippen molar-refractivity contribution in [2.24, 2.45) is 0 Å². The van der Waals surface area contributed by atoms with Crippen LogP contribution in [0.25, 0.3) is 54.6 Å². The van der Waals surface area contributed by atoms with E-state index in [0.29, 0.717) is 5.82 Å². The van der Waals surface area contributed by atoms with Crippen molar-refractivity contribution in [1.29, 1.82) is 0 Å². The van der Waals surface area contributed by atoms with Gasteiger partial charge in [-0.05, 0) is 28.8 Å². The predicted molar refractivity (Wildman–Crippen MR) is 133 cm³/mol. The topological polar surface area (TPSA) is 64.7 Å². The van der Waals surface area contributed by atoms with E-state index >= 15 is 0 Å². The highest BCUT2D eigenvalue weighted by Crippen LogP contribution is 2.38. The quantitative estimate of drug-likeness (QED) is 0.334. The number of aromatic nitrogens is 3. The second-order valence-corrected chi connectivity index (χ2v) is 8.47.